The largest absolute Gasteiger partial charge is 0.353 e. The highest BCUT2D eigenvalue weighted by atomic mass is 35.5. The first kappa shape index (κ1) is 16.4. The number of pyridine rings is 1. The molecule has 0 fully saturated rings. The van der Waals surface area contributed by atoms with Gasteiger partial charge in [0.2, 0.25) is 5.91 Å². The summed E-state index contributed by atoms with van der Waals surface area (Å²) < 4.78 is 0. The van der Waals surface area contributed by atoms with Gasteiger partial charge in [0, 0.05) is 33.6 Å². The van der Waals surface area contributed by atoms with E-state index in [0.717, 1.165) is 33.1 Å². The van der Waals surface area contributed by atoms with Crippen LogP contribution in [0.4, 0.5) is 0 Å². The molecule has 26 heavy (non-hydrogen) atoms. The fraction of sp³-hybridized carbons (Fsp3) is 0.0476. The van der Waals surface area contributed by atoms with Crippen molar-refractivity contribution in [2.24, 2.45) is 0 Å². The average molecular weight is 362 g/mol. The molecular formula is C21H16ClN3O. The standard InChI is InChI=1S/C21H16ClN3O/c22-15-8-5-14(6-9-15)7-10-20(26)24-13-19-21-17(11-12-23-19)16-3-1-2-4-18(16)25-21/h1-12,25H,13H2,(H,24,26)/b10-7+. The Kier molecular flexibility index (Phi) is 4.42. The van der Waals surface area contributed by atoms with Crippen LogP contribution in [0, 0.1) is 0 Å². The number of fused-ring (bicyclic) bond motifs is 3. The molecule has 0 atom stereocenters. The Bertz CT molecular complexity index is 1110. The van der Waals surface area contributed by atoms with Crippen LogP contribution in [0.2, 0.25) is 5.02 Å². The number of para-hydroxylation sites is 1. The van der Waals surface area contributed by atoms with Gasteiger partial charge in [0.15, 0.2) is 0 Å². The van der Waals surface area contributed by atoms with Crippen molar-refractivity contribution in [2.75, 3.05) is 0 Å². The highest BCUT2D eigenvalue weighted by Crippen LogP contribution is 2.26. The zero-order chi connectivity index (χ0) is 17.9. The molecule has 4 nitrogen and oxygen atoms in total. The maximum Gasteiger partial charge on any atom is 0.244 e. The minimum absolute atomic E-state index is 0.171. The van der Waals surface area contributed by atoms with Crippen LogP contribution in [0.3, 0.4) is 0 Å². The number of hydrogen-bond donors (Lipinski definition) is 2. The Morgan fingerprint density at radius 2 is 1.88 bits per heavy atom. The molecule has 2 aromatic carbocycles. The summed E-state index contributed by atoms with van der Waals surface area (Å²) >= 11 is 5.86. The molecule has 0 spiro atoms. The third-order valence-corrected chi connectivity index (χ3v) is 4.49. The fourth-order valence-corrected chi connectivity index (χ4v) is 3.07. The van der Waals surface area contributed by atoms with Crippen molar-refractivity contribution in [2.45, 2.75) is 6.54 Å². The topological polar surface area (TPSA) is 57.8 Å². The van der Waals surface area contributed by atoms with Crippen molar-refractivity contribution < 1.29 is 4.79 Å². The number of amides is 1. The van der Waals surface area contributed by atoms with Crippen molar-refractivity contribution >= 4 is 45.4 Å². The van der Waals surface area contributed by atoms with Crippen LogP contribution in [0.15, 0.2) is 66.9 Å². The van der Waals surface area contributed by atoms with Crippen LogP contribution in [0.1, 0.15) is 11.3 Å². The monoisotopic (exact) mass is 361 g/mol. The van der Waals surface area contributed by atoms with Crippen LogP contribution in [-0.4, -0.2) is 15.9 Å². The lowest BCUT2D eigenvalue weighted by Crippen LogP contribution is -2.21. The van der Waals surface area contributed by atoms with Gasteiger partial charge in [-0.1, -0.05) is 41.9 Å². The number of halogens is 1. The fourth-order valence-electron chi connectivity index (χ4n) is 2.94. The summed E-state index contributed by atoms with van der Waals surface area (Å²) in [5.41, 5.74) is 3.74. The molecule has 2 heterocycles. The Morgan fingerprint density at radius 3 is 2.73 bits per heavy atom. The summed E-state index contributed by atoms with van der Waals surface area (Å²) in [7, 11) is 0. The zero-order valence-corrected chi connectivity index (χ0v) is 14.6. The number of nitrogens with one attached hydrogen (secondary N) is 2. The van der Waals surface area contributed by atoms with E-state index in [4.69, 9.17) is 11.6 Å². The number of nitrogens with zero attached hydrogens (tertiary/aromatic N) is 1. The summed E-state index contributed by atoms with van der Waals surface area (Å²) in [5.74, 6) is -0.171. The van der Waals surface area contributed by atoms with E-state index in [9.17, 15) is 4.79 Å². The minimum Gasteiger partial charge on any atom is -0.353 e. The van der Waals surface area contributed by atoms with Crippen LogP contribution < -0.4 is 5.32 Å². The van der Waals surface area contributed by atoms with Crippen LogP contribution in [0.5, 0.6) is 0 Å². The van der Waals surface area contributed by atoms with Gasteiger partial charge in [0.25, 0.3) is 0 Å². The normalized spacial score (nSPS) is 11.4. The average Bonchev–Trinajstić information content (AvgIpc) is 3.05. The lowest BCUT2D eigenvalue weighted by molar-refractivity contribution is -0.116. The number of aromatic nitrogens is 2. The van der Waals surface area contributed by atoms with Crippen molar-refractivity contribution in [3.05, 3.63) is 83.2 Å². The molecule has 0 aliphatic heterocycles. The molecule has 0 radical (unpaired) electrons. The lowest BCUT2D eigenvalue weighted by Gasteiger charge is -2.03. The molecule has 0 aliphatic rings. The van der Waals surface area contributed by atoms with E-state index >= 15 is 0 Å². The molecule has 0 aliphatic carbocycles. The summed E-state index contributed by atoms with van der Waals surface area (Å²) in [6, 6.07) is 17.4. The van der Waals surface area contributed by atoms with E-state index < -0.39 is 0 Å². The second kappa shape index (κ2) is 7.02. The van der Waals surface area contributed by atoms with Crippen molar-refractivity contribution in [3.8, 4) is 0 Å². The first-order valence-corrected chi connectivity index (χ1v) is 8.64. The number of rotatable bonds is 4. The van der Waals surface area contributed by atoms with Gasteiger partial charge in [-0.25, -0.2) is 0 Å². The molecule has 0 bridgehead atoms. The molecule has 0 saturated carbocycles. The van der Waals surface area contributed by atoms with Gasteiger partial charge in [-0.15, -0.1) is 0 Å². The van der Waals surface area contributed by atoms with Crippen molar-refractivity contribution in [3.63, 3.8) is 0 Å². The Morgan fingerprint density at radius 1 is 1.08 bits per heavy atom. The van der Waals surface area contributed by atoms with E-state index in [1.54, 1.807) is 24.4 Å². The molecule has 0 unspecified atom stereocenters. The van der Waals surface area contributed by atoms with Crippen molar-refractivity contribution in [1.29, 1.82) is 0 Å². The van der Waals surface area contributed by atoms with Crippen LogP contribution in [-0.2, 0) is 11.3 Å². The second-order valence-electron chi connectivity index (χ2n) is 5.95. The van der Waals surface area contributed by atoms with E-state index in [-0.39, 0.29) is 5.91 Å². The Labute approximate surface area is 155 Å². The molecular weight excluding hydrogens is 346 g/mol. The molecule has 2 aromatic heterocycles. The molecule has 5 heteroatoms. The lowest BCUT2D eigenvalue weighted by atomic mass is 10.1. The number of carbonyl (C=O) groups is 1. The first-order valence-electron chi connectivity index (χ1n) is 8.26. The van der Waals surface area contributed by atoms with Crippen LogP contribution >= 0.6 is 11.6 Å². The highest BCUT2D eigenvalue weighted by Gasteiger charge is 2.09. The van der Waals surface area contributed by atoms with Gasteiger partial charge < -0.3 is 10.3 Å². The van der Waals surface area contributed by atoms with E-state index in [1.807, 2.05) is 36.4 Å². The summed E-state index contributed by atoms with van der Waals surface area (Å²) in [4.78, 5) is 19.9. The number of benzene rings is 2. The third-order valence-electron chi connectivity index (χ3n) is 4.23. The quantitative estimate of drug-likeness (QED) is 0.518. The zero-order valence-electron chi connectivity index (χ0n) is 13.9. The smallest absolute Gasteiger partial charge is 0.244 e. The second-order valence-corrected chi connectivity index (χ2v) is 6.39. The first-order chi connectivity index (χ1) is 12.7. The van der Waals surface area contributed by atoms with E-state index in [2.05, 4.69) is 21.4 Å². The number of H-pyrrole nitrogens is 1. The van der Waals surface area contributed by atoms with Gasteiger partial charge in [-0.2, -0.15) is 0 Å². The van der Waals surface area contributed by atoms with Gasteiger partial charge in [-0.3, -0.25) is 9.78 Å². The maximum atomic E-state index is 12.1. The summed E-state index contributed by atoms with van der Waals surface area (Å²) in [6.45, 7) is 0.355. The third kappa shape index (κ3) is 3.32. The summed E-state index contributed by atoms with van der Waals surface area (Å²) in [5, 5.41) is 5.81. The number of hydrogen-bond acceptors (Lipinski definition) is 2. The molecule has 4 rings (SSSR count). The highest BCUT2D eigenvalue weighted by molar-refractivity contribution is 6.30. The van der Waals surface area contributed by atoms with Gasteiger partial charge in [-0.05, 0) is 35.9 Å². The Hall–Kier alpha value is -3.11. The molecule has 2 N–H and O–H groups in total. The predicted octanol–water partition coefficient (Wildman–Crippen LogP) is 4.70. The van der Waals surface area contributed by atoms with Crippen LogP contribution in [0.25, 0.3) is 27.9 Å². The van der Waals surface area contributed by atoms with E-state index in [1.165, 1.54) is 6.08 Å². The molecule has 1 amide bonds. The predicted molar refractivity (Wildman–Crippen MR) is 106 cm³/mol. The molecule has 4 aromatic rings. The van der Waals surface area contributed by atoms with Gasteiger partial charge in [0.05, 0.1) is 17.8 Å². The summed E-state index contributed by atoms with van der Waals surface area (Å²) in [6.07, 6.45) is 5.03. The molecule has 128 valence electrons. The molecule has 0 saturated heterocycles. The van der Waals surface area contributed by atoms with Crippen molar-refractivity contribution in [1.82, 2.24) is 15.3 Å². The maximum absolute atomic E-state index is 12.1. The van der Waals surface area contributed by atoms with Gasteiger partial charge in [0.1, 0.15) is 0 Å². The minimum atomic E-state index is -0.171. The number of aromatic amines is 1. The van der Waals surface area contributed by atoms with E-state index in [0.29, 0.717) is 11.6 Å². The number of carbonyl (C=O) groups excluding carboxylic acids is 1. The SMILES string of the molecule is O=C(/C=C/c1ccc(Cl)cc1)NCc1nccc2c1[nH]c1ccccc12. The van der Waals surface area contributed by atoms with Gasteiger partial charge >= 0.3 is 0 Å². The Balaban J connectivity index is 1.50.